The van der Waals surface area contributed by atoms with E-state index in [2.05, 4.69) is 75.5 Å². The Morgan fingerprint density at radius 3 is 2.31 bits per heavy atom. The average molecular weight is 858 g/mol. The molecule has 16 heteroatoms. The molecule has 15 atom stereocenters. The minimum atomic E-state index is -2.23. The molecule has 6 aliphatic rings. The van der Waals surface area contributed by atoms with Gasteiger partial charge in [-0.2, -0.15) is 0 Å². The van der Waals surface area contributed by atoms with Crippen molar-refractivity contribution in [1.29, 1.82) is 0 Å². The molecule has 0 bridgehead atoms. The molecule has 2 heterocycles. The zero-order chi connectivity index (χ0) is 44.9. The first kappa shape index (κ1) is 46.0. The molecule has 2 amide bonds. The number of methoxy groups -OCH3 is 1. The molecule has 5 fully saturated rings. The van der Waals surface area contributed by atoms with Crippen molar-refractivity contribution in [3.8, 4) is 0 Å². The first-order valence-corrected chi connectivity index (χ1v) is 22.3. The average Bonchev–Trinajstić information content (AvgIpc) is 3.68. The Kier molecular flexibility index (Phi) is 11.8. The second-order valence-corrected chi connectivity index (χ2v) is 21.8. The maximum absolute atomic E-state index is 14.9. The number of aliphatic hydroxyl groups excluding tert-OH is 6. The molecule has 0 spiro atoms. The van der Waals surface area contributed by atoms with Gasteiger partial charge >= 0.3 is 5.97 Å². The van der Waals surface area contributed by atoms with Crippen LogP contribution < -0.4 is 10.6 Å². The molecular weight excluding hydrogens is 787 g/mol. The van der Waals surface area contributed by atoms with E-state index in [0.717, 1.165) is 56.7 Å². The van der Waals surface area contributed by atoms with Crippen LogP contribution in [0.5, 0.6) is 0 Å². The highest BCUT2D eigenvalue weighted by atomic mass is 16.6. The molecule has 4 saturated carbocycles. The lowest BCUT2D eigenvalue weighted by Gasteiger charge is -2.71. The Morgan fingerprint density at radius 1 is 0.951 bits per heavy atom. The molecule has 61 heavy (non-hydrogen) atoms. The van der Waals surface area contributed by atoms with Gasteiger partial charge in [0.15, 0.2) is 0 Å². The van der Waals surface area contributed by atoms with Gasteiger partial charge in [0, 0.05) is 13.3 Å². The fraction of sp³-hybridized carbons (Fsp3) is 0.844. The Bertz CT molecular complexity index is 1900. The van der Waals surface area contributed by atoms with E-state index in [1.54, 1.807) is 0 Å². The molecule has 0 unspecified atom stereocenters. The van der Waals surface area contributed by atoms with Gasteiger partial charge in [-0.1, -0.05) is 65.3 Å². The number of rotatable bonds is 9. The summed E-state index contributed by atoms with van der Waals surface area (Å²) in [6.45, 7) is 16.4. The van der Waals surface area contributed by atoms with Crippen LogP contribution in [0.3, 0.4) is 0 Å². The smallest absolute Gasteiger partial charge is 0.361 e. The third-order valence-electron chi connectivity index (χ3n) is 17.8. The van der Waals surface area contributed by atoms with E-state index >= 15 is 0 Å². The summed E-state index contributed by atoms with van der Waals surface area (Å²) >= 11 is 0. The van der Waals surface area contributed by atoms with Gasteiger partial charge in [-0.05, 0) is 103 Å². The molecule has 0 radical (unpaired) electrons. The maximum atomic E-state index is 14.9. The zero-order valence-electron chi connectivity index (χ0n) is 37.5. The molecule has 0 aromatic carbocycles. The molecule has 1 aromatic heterocycles. The monoisotopic (exact) mass is 858 g/mol. The summed E-state index contributed by atoms with van der Waals surface area (Å²) in [6.07, 6.45) is 2.40. The molecule has 5 aliphatic carbocycles. The SMILES string of the molecule is COC(=O)[C@@]1(n2cc(CNC(=O)[C@]34CCC(C)(C)C[C@@H]3C3=CC[C@@H]5[C@@]6(C)CC[C@H](O)C(C)(C)[C@@H]6CC[C@@]5(C)[C@]3(C)C[C@H]4O)nn2)C[C@H](O)[C@@H](NC(C)=O)[C@H]([C@H](O)[C@H](O)CO)O1. The minimum absolute atomic E-state index is 0.0304. The number of aliphatic hydroxyl groups is 6. The van der Waals surface area contributed by atoms with Crippen molar-refractivity contribution in [3.05, 3.63) is 23.5 Å². The number of allylic oxidation sites excluding steroid dienone is 2. The normalized spacial score (nSPS) is 43.5. The molecule has 7 rings (SSSR count). The van der Waals surface area contributed by atoms with Crippen molar-refractivity contribution in [1.82, 2.24) is 25.6 Å². The predicted octanol–water partition coefficient (Wildman–Crippen LogP) is 2.22. The Labute approximate surface area is 359 Å². The van der Waals surface area contributed by atoms with Crippen molar-refractivity contribution in [2.75, 3.05) is 13.7 Å². The molecular formula is C45H71N5O11. The van der Waals surface area contributed by atoms with E-state index in [9.17, 15) is 45.0 Å². The van der Waals surface area contributed by atoms with Gasteiger partial charge in [0.1, 0.15) is 24.0 Å². The number of carbonyl (C=O) groups excluding carboxylic acids is 3. The standard InChI is InChI=1S/C45H71N5O11/c1-24(52)47-34-28(53)19-45(38(59)60-9,61-36(34)35(57)29(54)23-51)50-22-25(48-49-50)21-46-37(58)44-17-16-39(2,3)18-27(44)26-10-11-31-41(6)14-13-32(55)40(4,5)30(41)12-15-42(31,7)43(26,8)20-33(44)56/h10,22,27-36,51,53-57H,11-21,23H2,1-9H3,(H,46,58)(H,47,52)/t27-,28+,29-,30+,31-,32+,33-,34-,35-,36-,41+,42-,43-,44-,45-/m1/s1. The number of nitrogens with zero attached hydrogens (tertiary/aromatic N) is 3. The van der Waals surface area contributed by atoms with Crippen LogP contribution in [0.25, 0.3) is 0 Å². The van der Waals surface area contributed by atoms with E-state index < -0.39 is 72.6 Å². The number of hydrogen-bond acceptors (Lipinski definition) is 13. The fourth-order valence-electron chi connectivity index (χ4n) is 14.2. The van der Waals surface area contributed by atoms with E-state index in [4.69, 9.17) is 9.47 Å². The largest absolute Gasteiger partial charge is 0.465 e. The lowest BCUT2D eigenvalue weighted by Crippen LogP contribution is -2.68. The van der Waals surface area contributed by atoms with E-state index in [0.29, 0.717) is 24.7 Å². The van der Waals surface area contributed by atoms with Crippen molar-refractivity contribution < 1.29 is 54.5 Å². The van der Waals surface area contributed by atoms with Gasteiger partial charge in [0.2, 0.25) is 11.8 Å². The second-order valence-electron chi connectivity index (χ2n) is 21.8. The fourth-order valence-corrected chi connectivity index (χ4v) is 14.2. The van der Waals surface area contributed by atoms with Crippen molar-refractivity contribution in [2.24, 2.45) is 50.2 Å². The highest BCUT2D eigenvalue weighted by Crippen LogP contribution is 2.75. The Morgan fingerprint density at radius 2 is 1.66 bits per heavy atom. The van der Waals surface area contributed by atoms with Crippen LogP contribution in [0.1, 0.15) is 125 Å². The third-order valence-corrected chi connectivity index (χ3v) is 17.8. The van der Waals surface area contributed by atoms with Crippen LogP contribution in [0.2, 0.25) is 0 Å². The number of aromatic nitrogens is 3. The maximum Gasteiger partial charge on any atom is 0.361 e. The zero-order valence-corrected chi connectivity index (χ0v) is 37.5. The highest BCUT2D eigenvalue weighted by Gasteiger charge is 2.71. The number of hydrogen-bond donors (Lipinski definition) is 8. The van der Waals surface area contributed by atoms with Gasteiger partial charge in [-0.15, -0.1) is 5.10 Å². The number of nitrogens with one attached hydrogen (secondary N) is 2. The number of esters is 1. The van der Waals surface area contributed by atoms with Crippen LogP contribution in [0, 0.1) is 50.2 Å². The minimum Gasteiger partial charge on any atom is -0.465 e. The first-order valence-electron chi connectivity index (χ1n) is 22.3. The summed E-state index contributed by atoms with van der Waals surface area (Å²) in [4.78, 5) is 40.5. The van der Waals surface area contributed by atoms with Gasteiger partial charge in [-0.25, -0.2) is 9.48 Å². The third kappa shape index (κ3) is 6.91. The molecule has 16 nitrogen and oxygen atoms in total. The summed E-state index contributed by atoms with van der Waals surface area (Å²) in [5, 5.41) is 79.9. The summed E-state index contributed by atoms with van der Waals surface area (Å²) in [5.74, 6) is -1.33. The van der Waals surface area contributed by atoms with Crippen LogP contribution >= 0.6 is 0 Å². The quantitative estimate of drug-likeness (QED) is 0.131. The highest BCUT2D eigenvalue weighted by molar-refractivity contribution is 5.85. The number of ether oxygens (including phenoxy) is 2. The first-order chi connectivity index (χ1) is 28.4. The van der Waals surface area contributed by atoms with E-state index in [1.807, 2.05) is 0 Å². The lowest BCUT2D eigenvalue weighted by atomic mass is 9.33. The van der Waals surface area contributed by atoms with Crippen LogP contribution in [-0.2, 0) is 36.1 Å². The topological polar surface area (TPSA) is 246 Å². The van der Waals surface area contributed by atoms with Gasteiger partial charge in [0.25, 0.3) is 5.72 Å². The Hall–Kier alpha value is -2.99. The van der Waals surface area contributed by atoms with E-state index in [-0.39, 0.29) is 57.2 Å². The summed E-state index contributed by atoms with van der Waals surface area (Å²) in [5.41, 5.74) is -2.51. The van der Waals surface area contributed by atoms with Gasteiger partial charge in [-0.3, -0.25) is 9.59 Å². The van der Waals surface area contributed by atoms with Crippen molar-refractivity contribution >= 4 is 17.8 Å². The van der Waals surface area contributed by atoms with E-state index in [1.165, 1.54) is 18.7 Å². The van der Waals surface area contributed by atoms with Crippen molar-refractivity contribution in [2.45, 2.75) is 175 Å². The lowest BCUT2D eigenvalue weighted by molar-refractivity contribution is -0.260. The van der Waals surface area contributed by atoms with Crippen molar-refractivity contribution in [3.63, 3.8) is 0 Å². The van der Waals surface area contributed by atoms with Crippen LogP contribution in [0.15, 0.2) is 17.8 Å². The van der Waals surface area contributed by atoms with Gasteiger partial charge in [0.05, 0.1) is 56.2 Å². The van der Waals surface area contributed by atoms with Gasteiger partial charge < -0.3 is 50.7 Å². The summed E-state index contributed by atoms with van der Waals surface area (Å²) < 4.78 is 12.2. The molecule has 1 aromatic rings. The molecule has 8 N–H and O–H groups in total. The number of carbonyl (C=O) groups is 3. The second kappa shape index (κ2) is 15.6. The molecule has 1 aliphatic heterocycles. The molecule has 1 saturated heterocycles. The van der Waals surface area contributed by atoms with Crippen LogP contribution in [-0.4, -0.2) is 120 Å². The van der Waals surface area contributed by atoms with Crippen LogP contribution in [0.4, 0.5) is 0 Å². The summed E-state index contributed by atoms with van der Waals surface area (Å²) in [6, 6.07) is -1.29. The Balaban J connectivity index is 1.17. The number of amides is 2. The predicted molar refractivity (Wildman–Crippen MR) is 220 cm³/mol. The summed E-state index contributed by atoms with van der Waals surface area (Å²) in [7, 11) is 1.10. The molecule has 342 valence electrons. The number of fused-ring (bicyclic) bond motifs is 7.